The van der Waals surface area contributed by atoms with Crippen molar-refractivity contribution < 1.29 is 14.3 Å². The lowest BCUT2D eigenvalue weighted by Crippen LogP contribution is -2.11. The van der Waals surface area contributed by atoms with Crippen LogP contribution in [-0.4, -0.2) is 29.0 Å². The highest BCUT2D eigenvalue weighted by Crippen LogP contribution is 2.28. The number of nitrogens with zero attached hydrogens (tertiary/aromatic N) is 2. The normalized spacial score (nSPS) is 10.9. The molecule has 2 heterocycles. The van der Waals surface area contributed by atoms with Gasteiger partial charge < -0.3 is 4.74 Å². The molecule has 0 aliphatic heterocycles. The molecule has 6 nitrogen and oxygen atoms in total. The molecule has 0 aliphatic carbocycles. The minimum absolute atomic E-state index is 0.234. The van der Waals surface area contributed by atoms with Crippen LogP contribution in [0.15, 0.2) is 41.9 Å². The molecule has 124 valence electrons. The number of amides is 1. The lowest BCUT2D eigenvalue weighted by atomic mass is 10.2. The van der Waals surface area contributed by atoms with Crippen molar-refractivity contribution in [1.29, 1.82) is 0 Å². The highest BCUT2D eigenvalue weighted by molar-refractivity contribution is 7.22. The van der Waals surface area contributed by atoms with Crippen LogP contribution in [0.3, 0.4) is 0 Å². The largest absolute Gasteiger partial charge is 0.465 e. The van der Waals surface area contributed by atoms with E-state index in [1.165, 1.54) is 29.8 Å². The van der Waals surface area contributed by atoms with E-state index < -0.39 is 5.97 Å². The predicted octanol–water partition coefficient (Wildman–Crippen LogP) is 3.94. The van der Waals surface area contributed by atoms with Crippen LogP contribution in [0.2, 0.25) is 0 Å². The number of thiazole rings is 2. The van der Waals surface area contributed by atoms with Crippen molar-refractivity contribution in [3.05, 3.63) is 53.0 Å². The van der Waals surface area contributed by atoms with E-state index in [1.807, 2.05) is 12.1 Å². The Morgan fingerprint density at radius 3 is 2.64 bits per heavy atom. The molecule has 0 spiro atoms. The van der Waals surface area contributed by atoms with Gasteiger partial charge in [0, 0.05) is 5.56 Å². The number of carbonyl (C=O) groups is 2. The lowest BCUT2D eigenvalue weighted by molar-refractivity contribution is 0.0601. The Balaban J connectivity index is 1.60. The number of anilines is 1. The topological polar surface area (TPSA) is 81.2 Å². The molecule has 0 saturated heterocycles. The fourth-order valence-corrected chi connectivity index (χ4v) is 4.01. The Bertz CT molecular complexity index is 1120. The number of nitrogens with one attached hydrogen (secondary N) is 1. The van der Waals surface area contributed by atoms with Crippen LogP contribution in [0.25, 0.3) is 20.4 Å². The Morgan fingerprint density at radius 2 is 1.80 bits per heavy atom. The van der Waals surface area contributed by atoms with Gasteiger partial charge in [-0.05, 0) is 36.4 Å². The van der Waals surface area contributed by atoms with Gasteiger partial charge in [0.1, 0.15) is 0 Å². The molecule has 0 unspecified atom stereocenters. The third-order valence-electron chi connectivity index (χ3n) is 3.62. The summed E-state index contributed by atoms with van der Waals surface area (Å²) < 4.78 is 6.47. The minimum atomic E-state index is -0.404. The molecule has 25 heavy (non-hydrogen) atoms. The summed E-state index contributed by atoms with van der Waals surface area (Å²) in [6.07, 6.45) is 0. The van der Waals surface area contributed by atoms with E-state index in [9.17, 15) is 9.59 Å². The summed E-state index contributed by atoms with van der Waals surface area (Å²) in [5.74, 6) is -0.638. The fraction of sp³-hybridized carbons (Fsp3) is 0.0588. The Hall–Kier alpha value is -2.84. The first-order chi connectivity index (χ1) is 12.1. The van der Waals surface area contributed by atoms with Crippen LogP contribution in [0.5, 0.6) is 0 Å². The molecule has 1 N–H and O–H groups in total. The number of benzene rings is 2. The summed E-state index contributed by atoms with van der Waals surface area (Å²) in [5.41, 5.74) is 4.33. The number of ether oxygens (including phenoxy) is 1. The molecule has 0 saturated carbocycles. The van der Waals surface area contributed by atoms with Crippen LogP contribution in [0.1, 0.15) is 20.7 Å². The Morgan fingerprint density at radius 1 is 1.04 bits per heavy atom. The van der Waals surface area contributed by atoms with Crippen LogP contribution < -0.4 is 5.32 Å². The van der Waals surface area contributed by atoms with E-state index in [2.05, 4.69) is 15.3 Å². The molecule has 0 aliphatic rings. The van der Waals surface area contributed by atoms with Gasteiger partial charge in [0.15, 0.2) is 5.13 Å². The highest BCUT2D eigenvalue weighted by Gasteiger charge is 2.13. The van der Waals surface area contributed by atoms with Gasteiger partial charge in [-0.2, -0.15) is 0 Å². The van der Waals surface area contributed by atoms with Crippen molar-refractivity contribution in [1.82, 2.24) is 9.97 Å². The second-order valence-electron chi connectivity index (χ2n) is 5.18. The number of carbonyl (C=O) groups excluding carboxylic acids is 2. The monoisotopic (exact) mass is 369 g/mol. The van der Waals surface area contributed by atoms with Gasteiger partial charge in [0.05, 0.1) is 38.6 Å². The van der Waals surface area contributed by atoms with E-state index in [-0.39, 0.29) is 5.91 Å². The molecule has 2 aromatic carbocycles. The molecule has 0 fully saturated rings. The summed E-state index contributed by atoms with van der Waals surface area (Å²) >= 11 is 2.79. The minimum Gasteiger partial charge on any atom is -0.465 e. The average Bonchev–Trinajstić information content (AvgIpc) is 3.25. The number of hydrogen-bond donors (Lipinski definition) is 1. The Labute approximate surface area is 150 Å². The molecule has 8 heteroatoms. The predicted molar refractivity (Wildman–Crippen MR) is 98.5 cm³/mol. The van der Waals surface area contributed by atoms with Gasteiger partial charge in [-0.25, -0.2) is 14.8 Å². The third-order valence-corrected chi connectivity index (χ3v) is 5.35. The quantitative estimate of drug-likeness (QED) is 0.553. The van der Waals surface area contributed by atoms with E-state index in [4.69, 9.17) is 4.74 Å². The zero-order valence-corrected chi connectivity index (χ0v) is 14.6. The lowest BCUT2D eigenvalue weighted by Gasteiger charge is -2.01. The van der Waals surface area contributed by atoms with Gasteiger partial charge in [-0.3, -0.25) is 10.1 Å². The Kier molecular flexibility index (Phi) is 3.90. The van der Waals surface area contributed by atoms with Gasteiger partial charge in [0.25, 0.3) is 5.91 Å². The summed E-state index contributed by atoms with van der Waals surface area (Å²) in [4.78, 5) is 32.6. The van der Waals surface area contributed by atoms with Gasteiger partial charge in [0.2, 0.25) is 0 Å². The summed E-state index contributed by atoms with van der Waals surface area (Å²) in [6, 6.07) is 10.5. The third kappa shape index (κ3) is 2.97. The van der Waals surface area contributed by atoms with Crippen LogP contribution >= 0.6 is 22.7 Å². The second kappa shape index (κ2) is 6.23. The maximum atomic E-state index is 12.4. The molecular weight excluding hydrogens is 358 g/mol. The van der Waals surface area contributed by atoms with Crippen LogP contribution in [0, 0.1) is 0 Å². The number of fused-ring (bicyclic) bond motifs is 2. The van der Waals surface area contributed by atoms with E-state index in [0.717, 1.165) is 14.9 Å². The summed E-state index contributed by atoms with van der Waals surface area (Å²) in [5, 5.41) is 3.28. The molecule has 0 bridgehead atoms. The molecular formula is C17H11N3O3S2. The van der Waals surface area contributed by atoms with Crippen molar-refractivity contribution in [2.75, 3.05) is 12.4 Å². The molecule has 4 aromatic rings. The molecule has 2 aromatic heterocycles. The van der Waals surface area contributed by atoms with Crippen molar-refractivity contribution in [2.24, 2.45) is 0 Å². The van der Waals surface area contributed by atoms with Crippen LogP contribution in [0.4, 0.5) is 5.13 Å². The van der Waals surface area contributed by atoms with E-state index in [0.29, 0.717) is 21.8 Å². The summed E-state index contributed by atoms with van der Waals surface area (Å²) in [6.45, 7) is 0. The number of rotatable bonds is 3. The number of methoxy groups -OCH3 is 1. The van der Waals surface area contributed by atoms with Gasteiger partial charge in [-0.1, -0.05) is 11.3 Å². The zero-order chi connectivity index (χ0) is 17.4. The van der Waals surface area contributed by atoms with E-state index >= 15 is 0 Å². The average molecular weight is 369 g/mol. The maximum absolute atomic E-state index is 12.4. The van der Waals surface area contributed by atoms with Gasteiger partial charge >= 0.3 is 5.97 Å². The molecule has 1 amide bonds. The smallest absolute Gasteiger partial charge is 0.337 e. The van der Waals surface area contributed by atoms with Gasteiger partial charge in [-0.15, -0.1) is 11.3 Å². The first-order valence-corrected chi connectivity index (χ1v) is 8.97. The molecule has 0 radical (unpaired) electrons. The second-order valence-corrected chi connectivity index (χ2v) is 7.10. The van der Waals surface area contributed by atoms with Crippen molar-refractivity contribution >= 4 is 60.1 Å². The number of aromatic nitrogens is 2. The van der Waals surface area contributed by atoms with Crippen molar-refractivity contribution in [2.45, 2.75) is 0 Å². The van der Waals surface area contributed by atoms with Crippen molar-refractivity contribution in [3.63, 3.8) is 0 Å². The number of hydrogen-bond acceptors (Lipinski definition) is 7. The number of esters is 1. The fourth-order valence-electron chi connectivity index (χ4n) is 2.39. The maximum Gasteiger partial charge on any atom is 0.337 e. The highest BCUT2D eigenvalue weighted by atomic mass is 32.1. The summed E-state index contributed by atoms with van der Waals surface area (Å²) in [7, 11) is 1.34. The van der Waals surface area contributed by atoms with E-state index in [1.54, 1.807) is 29.8 Å². The zero-order valence-electron chi connectivity index (χ0n) is 13.0. The molecule has 4 rings (SSSR count). The standard InChI is InChI=1S/C17H11N3O3S2/c1-23-16(22)10-3-5-12-14(7-10)25-17(19-12)20-15(21)9-2-4-11-13(6-9)24-8-18-11/h2-8H,1H3,(H,19,20,21). The van der Waals surface area contributed by atoms with Crippen LogP contribution in [-0.2, 0) is 4.74 Å². The molecule has 0 atom stereocenters. The first-order valence-electron chi connectivity index (χ1n) is 7.27. The SMILES string of the molecule is COC(=O)c1ccc2nc(NC(=O)c3ccc4ncsc4c3)sc2c1. The first kappa shape index (κ1) is 15.7. The van der Waals surface area contributed by atoms with Crippen molar-refractivity contribution in [3.8, 4) is 0 Å².